The highest BCUT2D eigenvalue weighted by Gasteiger charge is 2.34. The van der Waals surface area contributed by atoms with Gasteiger partial charge < -0.3 is 5.32 Å². The number of carbonyl (C=O) groups is 3. The van der Waals surface area contributed by atoms with Crippen LogP contribution in [0.2, 0.25) is 0 Å². The molecule has 1 aliphatic heterocycles. The fourth-order valence-corrected chi connectivity index (χ4v) is 3.48. The van der Waals surface area contributed by atoms with Gasteiger partial charge in [0, 0.05) is 33.1 Å². The minimum atomic E-state index is -3.22. The summed E-state index contributed by atoms with van der Waals surface area (Å²) in [6.45, 7) is 2.23. The standard InChI is InChI=1S/C17H23N3O5S/c1-3-26(24,25)19(2)11-6-10-18-15(21)9-12-20-16(22)13-7-4-5-8-14(13)17(20)23/h4-5,7-8H,3,6,9-12H2,1-2H3,(H,18,21). The molecule has 1 N–H and O–H groups in total. The number of hydrogen-bond donors (Lipinski definition) is 1. The van der Waals surface area contributed by atoms with Crippen LogP contribution in [-0.4, -0.2) is 67.8 Å². The van der Waals surface area contributed by atoms with Gasteiger partial charge in [-0.05, 0) is 25.5 Å². The quantitative estimate of drug-likeness (QED) is 0.494. The number of carbonyl (C=O) groups excluding carboxylic acids is 3. The predicted octanol–water partition coefficient (Wildman–Crippen LogP) is 0.461. The lowest BCUT2D eigenvalue weighted by molar-refractivity contribution is -0.121. The van der Waals surface area contributed by atoms with Gasteiger partial charge in [0.05, 0.1) is 16.9 Å². The highest BCUT2D eigenvalue weighted by Crippen LogP contribution is 2.22. The predicted molar refractivity (Wildman–Crippen MR) is 96.1 cm³/mol. The molecule has 0 bridgehead atoms. The van der Waals surface area contributed by atoms with Gasteiger partial charge in [0.15, 0.2) is 0 Å². The van der Waals surface area contributed by atoms with E-state index in [2.05, 4.69) is 5.32 Å². The zero-order valence-corrected chi connectivity index (χ0v) is 15.7. The minimum absolute atomic E-state index is 0.00850. The minimum Gasteiger partial charge on any atom is -0.356 e. The summed E-state index contributed by atoms with van der Waals surface area (Å²) in [6, 6.07) is 6.57. The van der Waals surface area contributed by atoms with Crippen molar-refractivity contribution in [3.05, 3.63) is 35.4 Å². The van der Waals surface area contributed by atoms with E-state index in [1.54, 1.807) is 31.2 Å². The van der Waals surface area contributed by atoms with Gasteiger partial charge in [0.1, 0.15) is 0 Å². The van der Waals surface area contributed by atoms with Gasteiger partial charge in [-0.25, -0.2) is 12.7 Å². The summed E-state index contributed by atoms with van der Waals surface area (Å²) in [5.74, 6) is -1.02. The van der Waals surface area contributed by atoms with E-state index in [0.717, 1.165) is 4.90 Å². The van der Waals surface area contributed by atoms with Crippen LogP contribution in [0.5, 0.6) is 0 Å². The molecule has 0 saturated heterocycles. The van der Waals surface area contributed by atoms with Crippen LogP contribution >= 0.6 is 0 Å². The first-order valence-electron chi connectivity index (χ1n) is 8.44. The van der Waals surface area contributed by atoms with E-state index in [9.17, 15) is 22.8 Å². The third kappa shape index (κ3) is 4.47. The number of hydrogen-bond acceptors (Lipinski definition) is 5. The van der Waals surface area contributed by atoms with Gasteiger partial charge in [-0.1, -0.05) is 12.1 Å². The van der Waals surface area contributed by atoms with Crippen molar-refractivity contribution in [3.63, 3.8) is 0 Å². The van der Waals surface area contributed by atoms with E-state index in [0.29, 0.717) is 30.6 Å². The zero-order chi connectivity index (χ0) is 19.3. The second-order valence-corrected chi connectivity index (χ2v) is 8.35. The fourth-order valence-electron chi connectivity index (χ4n) is 2.63. The van der Waals surface area contributed by atoms with Crippen molar-refractivity contribution >= 4 is 27.7 Å². The van der Waals surface area contributed by atoms with Crippen molar-refractivity contribution in [2.45, 2.75) is 19.8 Å². The van der Waals surface area contributed by atoms with Crippen LogP contribution in [0.1, 0.15) is 40.5 Å². The molecule has 1 aliphatic rings. The first kappa shape index (κ1) is 20.1. The molecule has 26 heavy (non-hydrogen) atoms. The average molecular weight is 381 g/mol. The Morgan fingerprint density at radius 3 is 2.27 bits per heavy atom. The third-order valence-corrected chi connectivity index (χ3v) is 6.11. The number of nitrogens with zero attached hydrogens (tertiary/aromatic N) is 2. The number of amides is 3. The highest BCUT2D eigenvalue weighted by molar-refractivity contribution is 7.89. The molecule has 0 atom stereocenters. The molecule has 2 rings (SSSR count). The summed E-state index contributed by atoms with van der Waals surface area (Å²) in [6.07, 6.45) is 0.489. The van der Waals surface area contributed by atoms with E-state index in [4.69, 9.17) is 0 Å². The number of fused-ring (bicyclic) bond motifs is 1. The number of sulfonamides is 1. The first-order chi connectivity index (χ1) is 12.3. The SMILES string of the molecule is CCS(=O)(=O)N(C)CCCNC(=O)CCN1C(=O)c2ccccc2C1=O. The molecule has 0 spiro atoms. The molecule has 8 nitrogen and oxygen atoms in total. The van der Waals surface area contributed by atoms with Gasteiger partial charge in [0.25, 0.3) is 11.8 Å². The lowest BCUT2D eigenvalue weighted by Gasteiger charge is -2.16. The molecule has 0 aromatic heterocycles. The molecular weight excluding hydrogens is 358 g/mol. The number of imide groups is 1. The number of nitrogens with one attached hydrogen (secondary N) is 1. The Morgan fingerprint density at radius 1 is 1.15 bits per heavy atom. The number of benzene rings is 1. The summed E-state index contributed by atoms with van der Waals surface area (Å²) >= 11 is 0. The van der Waals surface area contributed by atoms with Crippen LogP contribution in [0.4, 0.5) is 0 Å². The van der Waals surface area contributed by atoms with E-state index in [-0.39, 0.29) is 36.4 Å². The summed E-state index contributed by atoms with van der Waals surface area (Å²) < 4.78 is 24.5. The molecule has 0 saturated carbocycles. The Morgan fingerprint density at radius 2 is 1.73 bits per heavy atom. The van der Waals surface area contributed by atoms with Crippen molar-refractivity contribution < 1.29 is 22.8 Å². The van der Waals surface area contributed by atoms with Gasteiger partial charge >= 0.3 is 0 Å². The van der Waals surface area contributed by atoms with Crippen molar-refractivity contribution in [2.75, 3.05) is 32.4 Å². The van der Waals surface area contributed by atoms with Crippen LogP contribution < -0.4 is 5.32 Å². The van der Waals surface area contributed by atoms with Crippen LogP contribution in [0.3, 0.4) is 0 Å². The fraction of sp³-hybridized carbons (Fsp3) is 0.471. The summed E-state index contributed by atoms with van der Waals surface area (Å²) in [5.41, 5.74) is 0.719. The Balaban J connectivity index is 1.73. The van der Waals surface area contributed by atoms with Crippen molar-refractivity contribution in [3.8, 4) is 0 Å². The largest absolute Gasteiger partial charge is 0.356 e. The second kappa shape index (κ2) is 8.41. The maximum Gasteiger partial charge on any atom is 0.261 e. The molecule has 3 amide bonds. The zero-order valence-electron chi connectivity index (χ0n) is 14.9. The van der Waals surface area contributed by atoms with Crippen molar-refractivity contribution in [2.24, 2.45) is 0 Å². The van der Waals surface area contributed by atoms with Crippen LogP contribution in [0.25, 0.3) is 0 Å². The molecular formula is C17H23N3O5S. The Kier molecular flexibility index (Phi) is 6.49. The van der Waals surface area contributed by atoms with Gasteiger partial charge in [0.2, 0.25) is 15.9 Å². The molecule has 1 aromatic carbocycles. The summed E-state index contributed by atoms with van der Waals surface area (Å²) in [5, 5.41) is 2.67. The molecule has 9 heteroatoms. The molecule has 0 aliphatic carbocycles. The van der Waals surface area contributed by atoms with Crippen LogP contribution in [0.15, 0.2) is 24.3 Å². The van der Waals surface area contributed by atoms with Crippen molar-refractivity contribution in [1.82, 2.24) is 14.5 Å². The smallest absolute Gasteiger partial charge is 0.261 e. The Bertz CT molecular complexity index is 771. The molecule has 1 aromatic rings. The monoisotopic (exact) mass is 381 g/mol. The third-order valence-electron chi connectivity index (χ3n) is 4.25. The van der Waals surface area contributed by atoms with Crippen molar-refractivity contribution in [1.29, 1.82) is 0 Å². The molecule has 0 unspecified atom stereocenters. The lowest BCUT2D eigenvalue weighted by atomic mass is 10.1. The van der Waals surface area contributed by atoms with E-state index in [1.165, 1.54) is 11.4 Å². The number of rotatable bonds is 9. The maximum absolute atomic E-state index is 12.2. The van der Waals surface area contributed by atoms with E-state index >= 15 is 0 Å². The van der Waals surface area contributed by atoms with Gasteiger partial charge in [-0.15, -0.1) is 0 Å². The van der Waals surface area contributed by atoms with Crippen LogP contribution in [0, 0.1) is 0 Å². The summed E-state index contributed by atoms with van der Waals surface area (Å²) in [4.78, 5) is 37.3. The second-order valence-electron chi connectivity index (χ2n) is 5.98. The molecule has 1 heterocycles. The van der Waals surface area contributed by atoms with Gasteiger partial charge in [-0.2, -0.15) is 0 Å². The first-order valence-corrected chi connectivity index (χ1v) is 10.0. The lowest BCUT2D eigenvalue weighted by Crippen LogP contribution is -2.35. The molecule has 0 radical (unpaired) electrons. The normalized spacial score (nSPS) is 14.0. The molecule has 0 fully saturated rings. The molecule has 142 valence electrons. The Labute approximate surface area is 153 Å². The maximum atomic E-state index is 12.2. The highest BCUT2D eigenvalue weighted by atomic mass is 32.2. The Hall–Kier alpha value is -2.26. The van der Waals surface area contributed by atoms with Gasteiger partial charge in [-0.3, -0.25) is 19.3 Å². The topological polar surface area (TPSA) is 104 Å². The van der Waals surface area contributed by atoms with E-state index in [1.807, 2.05) is 0 Å². The summed E-state index contributed by atoms with van der Waals surface area (Å²) in [7, 11) is -1.72. The average Bonchev–Trinajstić information content (AvgIpc) is 2.87. The van der Waals surface area contributed by atoms with E-state index < -0.39 is 10.0 Å². The van der Waals surface area contributed by atoms with Crippen LogP contribution in [-0.2, 0) is 14.8 Å².